The second-order valence-corrected chi connectivity index (χ2v) is 7.31. The molecule has 1 rings (SSSR count). The van der Waals surface area contributed by atoms with Gasteiger partial charge in [-0.25, -0.2) is 0 Å². The fourth-order valence-corrected chi connectivity index (χ4v) is 3.67. The molecule has 0 radical (unpaired) electrons. The Balaban J connectivity index is 2.14. The molecule has 1 saturated carbocycles. The maximum atomic E-state index is 2.46. The SMILES string of the molecule is CCCC(C)C(C)CCCC1CCC(C)C(C)C1. The summed E-state index contributed by atoms with van der Waals surface area (Å²) in [6.45, 7) is 12.1. The van der Waals surface area contributed by atoms with Gasteiger partial charge < -0.3 is 0 Å². The van der Waals surface area contributed by atoms with Gasteiger partial charge in [-0.1, -0.05) is 79.6 Å². The zero-order valence-corrected chi connectivity index (χ0v) is 13.5. The molecule has 1 fully saturated rings. The Hall–Kier alpha value is 0. The third-order valence-electron chi connectivity index (χ3n) is 5.69. The summed E-state index contributed by atoms with van der Waals surface area (Å²) in [5.74, 6) is 4.86. The van der Waals surface area contributed by atoms with Crippen molar-refractivity contribution in [3.05, 3.63) is 0 Å². The molecule has 0 spiro atoms. The second-order valence-electron chi connectivity index (χ2n) is 7.31. The standard InChI is InChI=1S/C18H36/c1-6-8-14(2)15(3)9-7-10-18-12-11-16(4)17(5)13-18/h14-18H,6-13H2,1-5H3. The minimum Gasteiger partial charge on any atom is -0.0654 e. The van der Waals surface area contributed by atoms with Crippen LogP contribution in [-0.4, -0.2) is 0 Å². The van der Waals surface area contributed by atoms with Gasteiger partial charge in [0.2, 0.25) is 0 Å². The first-order chi connectivity index (χ1) is 8.54. The fraction of sp³-hybridized carbons (Fsp3) is 1.00. The minimum absolute atomic E-state index is 0.931. The van der Waals surface area contributed by atoms with Crippen molar-refractivity contribution < 1.29 is 0 Å². The summed E-state index contributed by atoms with van der Waals surface area (Å²) < 4.78 is 0. The molecule has 0 N–H and O–H groups in total. The highest BCUT2D eigenvalue weighted by atomic mass is 14.3. The molecular formula is C18H36. The number of hydrogen-bond acceptors (Lipinski definition) is 0. The maximum Gasteiger partial charge on any atom is -0.0412 e. The van der Waals surface area contributed by atoms with Crippen molar-refractivity contribution in [1.29, 1.82) is 0 Å². The Bertz CT molecular complexity index is 208. The molecule has 0 bridgehead atoms. The average molecular weight is 252 g/mol. The minimum atomic E-state index is 0.931. The molecule has 1 aliphatic rings. The molecule has 0 aromatic carbocycles. The first kappa shape index (κ1) is 16.1. The van der Waals surface area contributed by atoms with Gasteiger partial charge in [0, 0.05) is 0 Å². The van der Waals surface area contributed by atoms with Crippen molar-refractivity contribution in [2.45, 2.75) is 86.0 Å². The van der Waals surface area contributed by atoms with E-state index in [-0.39, 0.29) is 0 Å². The van der Waals surface area contributed by atoms with Crippen LogP contribution in [0.4, 0.5) is 0 Å². The van der Waals surface area contributed by atoms with Crippen LogP contribution in [0, 0.1) is 29.6 Å². The van der Waals surface area contributed by atoms with E-state index < -0.39 is 0 Å². The lowest BCUT2D eigenvalue weighted by Crippen LogP contribution is -2.20. The van der Waals surface area contributed by atoms with Crippen molar-refractivity contribution in [1.82, 2.24) is 0 Å². The largest absolute Gasteiger partial charge is 0.0654 e. The Morgan fingerprint density at radius 2 is 1.61 bits per heavy atom. The van der Waals surface area contributed by atoms with Gasteiger partial charge in [-0.15, -0.1) is 0 Å². The molecule has 0 aliphatic heterocycles. The Kier molecular flexibility index (Phi) is 7.34. The molecule has 0 aromatic heterocycles. The number of hydrogen-bond donors (Lipinski definition) is 0. The first-order valence-corrected chi connectivity index (χ1v) is 8.54. The zero-order chi connectivity index (χ0) is 13.5. The first-order valence-electron chi connectivity index (χ1n) is 8.54. The topological polar surface area (TPSA) is 0 Å². The van der Waals surface area contributed by atoms with E-state index in [9.17, 15) is 0 Å². The molecule has 0 aromatic rings. The third-order valence-corrected chi connectivity index (χ3v) is 5.69. The summed E-state index contributed by atoms with van der Waals surface area (Å²) >= 11 is 0. The van der Waals surface area contributed by atoms with Gasteiger partial charge in [-0.2, -0.15) is 0 Å². The van der Waals surface area contributed by atoms with E-state index in [1.54, 1.807) is 0 Å². The van der Waals surface area contributed by atoms with Gasteiger partial charge in [-0.3, -0.25) is 0 Å². The quantitative estimate of drug-likeness (QED) is 0.498. The van der Waals surface area contributed by atoms with Gasteiger partial charge in [0.1, 0.15) is 0 Å². The number of rotatable bonds is 7. The van der Waals surface area contributed by atoms with Crippen molar-refractivity contribution in [3.63, 3.8) is 0 Å². The lowest BCUT2D eigenvalue weighted by molar-refractivity contribution is 0.193. The van der Waals surface area contributed by atoms with Crippen LogP contribution in [0.3, 0.4) is 0 Å². The van der Waals surface area contributed by atoms with Crippen LogP contribution < -0.4 is 0 Å². The van der Waals surface area contributed by atoms with Gasteiger partial charge in [-0.05, 0) is 36.0 Å². The van der Waals surface area contributed by atoms with Crippen molar-refractivity contribution in [2.75, 3.05) is 0 Å². The fourth-order valence-electron chi connectivity index (χ4n) is 3.67. The third kappa shape index (κ3) is 5.33. The van der Waals surface area contributed by atoms with Gasteiger partial charge in [0.25, 0.3) is 0 Å². The molecule has 0 heterocycles. The van der Waals surface area contributed by atoms with Crippen molar-refractivity contribution in [3.8, 4) is 0 Å². The lowest BCUT2D eigenvalue weighted by atomic mass is 9.74. The molecule has 0 heteroatoms. The van der Waals surface area contributed by atoms with E-state index in [1.165, 1.54) is 51.4 Å². The predicted octanol–water partition coefficient (Wildman–Crippen LogP) is 6.30. The lowest BCUT2D eigenvalue weighted by Gasteiger charge is -2.32. The van der Waals surface area contributed by atoms with Crippen LogP contribution >= 0.6 is 0 Å². The van der Waals surface area contributed by atoms with Crippen molar-refractivity contribution >= 4 is 0 Å². The summed E-state index contributed by atoms with van der Waals surface area (Å²) in [7, 11) is 0. The molecule has 0 amide bonds. The van der Waals surface area contributed by atoms with E-state index in [1.807, 2.05) is 0 Å². The molecule has 5 unspecified atom stereocenters. The highest BCUT2D eigenvalue weighted by Gasteiger charge is 2.24. The van der Waals surface area contributed by atoms with Crippen LogP contribution in [-0.2, 0) is 0 Å². The van der Waals surface area contributed by atoms with E-state index in [0.717, 1.165) is 29.6 Å². The summed E-state index contributed by atoms with van der Waals surface area (Å²) in [5, 5.41) is 0. The van der Waals surface area contributed by atoms with Crippen LogP contribution in [0.1, 0.15) is 86.0 Å². The summed E-state index contributed by atoms with van der Waals surface area (Å²) in [6.07, 6.45) is 11.7. The van der Waals surface area contributed by atoms with Crippen LogP contribution in [0.25, 0.3) is 0 Å². The predicted molar refractivity (Wildman–Crippen MR) is 82.8 cm³/mol. The van der Waals surface area contributed by atoms with E-state index in [0.29, 0.717) is 0 Å². The van der Waals surface area contributed by atoms with Gasteiger partial charge in [0.05, 0.1) is 0 Å². The normalized spacial score (nSPS) is 32.2. The van der Waals surface area contributed by atoms with Gasteiger partial charge in [0.15, 0.2) is 0 Å². The zero-order valence-electron chi connectivity index (χ0n) is 13.5. The molecule has 0 saturated heterocycles. The molecule has 18 heavy (non-hydrogen) atoms. The molecule has 108 valence electrons. The molecule has 5 atom stereocenters. The Morgan fingerprint density at radius 3 is 2.22 bits per heavy atom. The summed E-state index contributed by atoms with van der Waals surface area (Å²) in [4.78, 5) is 0. The Morgan fingerprint density at radius 1 is 0.944 bits per heavy atom. The maximum absolute atomic E-state index is 2.46. The smallest absolute Gasteiger partial charge is 0.0412 e. The van der Waals surface area contributed by atoms with Crippen molar-refractivity contribution in [2.24, 2.45) is 29.6 Å². The highest BCUT2D eigenvalue weighted by molar-refractivity contribution is 4.75. The van der Waals surface area contributed by atoms with Crippen LogP contribution in [0.5, 0.6) is 0 Å². The highest BCUT2D eigenvalue weighted by Crippen LogP contribution is 2.36. The van der Waals surface area contributed by atoms with E-state index >= 15 is 0 Å². The molecule has 1 aliphatic carbocycles. The van der Waals surface area contributed by atoms with Crippen LogP contribution in [0.15, 0.2) is 0 Å². The van der Waals surface area contributed by atoms with Gasteiger partial charge >= 0.3 is 0 Å². The summed E-state index contributed by atoms with van der Waals surface area (Å²) in [5.41, 5.74) is 0. The molecule has 0 nitrogen and oxygen atoms in total. The average Bonchev–Trinajstić information content (AvgIpc) is 2.34. The van der Waals surface area contributed by atoms with E-state index in [4.69, 9.17) is 0 Å². The Labute approximate surface area is 116 Å². The molecular weight excluding hydrogens is 216 g/mol. The monoisotopic (exact) mass is 252 g/mol. The van der Waals surface area contributed by atoms with E-state index in [2.05, 4.69) is 34.6 Å². The summed E-state index contributed by atoms with van der Waals surface area (Å²) in [6, 6.07) is 0. The van der Waals surface area contributed by atoms with Crippen LogP contribution in [0.2, 0.25) is 0 Å². The second kappa shape index (κ2) is 8.23.